The molecule has 70 valence electrons. The van der Waals surface area contributed by atoms with Gasteiger partial charge in [0.15, 0.2) is 0 Å². The first kappa shape index (κ1) is 10.5. The van der Waals surface area contributed by atoms with Crippen LogP contribution in [0.4, 0.5) is 0 Å². The largest absolute Gasteiger partial charge is 0.0697 e. The molecule has 0 heterocycles. The van der Waals surface area contributed by atoms with Gasteiger partial charge in [0.05, 0.1) is 0 Å². The Morgan fingerprint density at radius 2 is 2.00 bits per heavy atom. The van der Waals surface area contributed by atoms with Crippen LogP contribution in [-0.2, 0) is 0 Å². The summed E-state index contributed by atoms with van der Waals surface area (Å²) in [6.45, 7) is 2.21. The fourth-order valence-electron chi connectivity index (χ4n) is 1.15. The molecule has 1 rings (SSSR count). The van der Waals surface area contributed by atoms with Crippen LogP contribution in [-0.4, -0.2) is 0 Å². The Hall–Kier alpha value is -0.560. The minimum atomic E-state index is 1.16. The third kappa shape index (κ3) is 3.77. The second-order valence-corrected chi connectivity index (χ2v) is 3.91. The van der Waals surface area contributed by atoms with Gasteiger partial charge in [-0.25, -0.2) is 0 Å². The lowest BCUT2D eigenvalue weighted by atomic mass is 10.2. The molecule has 1 aromatic carbocycles. The molecule has 0 atom stereocenters. The summed E-state index contributed by atoms with van der Waals surface area (Å²) < 4.78 is 1.21. The molecule has 0 aliphatic carbocycles. The molecular formula is C12H15Br. The lowest BCUT2D eigenvalue weighted by Crippen LogP contribution is -1.75. The zero-order valence-electron chi connectivity index (χ0n) is 7.96. The van der Waals surface area contributed by atoms with E-state index in [2.05, 4.69) is 53.2 Å². The van der Waals surface area contributed by atoms with Crippen LogP contribution in [0.15, 0.2) is 36.4 Å². The number of halogens is 1. The highest BCUT2D eigenvalue weighted by molar-refractivity contribution is 9.15. The number of benzene rings is 1. The van der Waals surface area contributed by atoms with E-state index in [0.29, 0.717) is 0 Å². The maximum Gasteiger partial charge on any atom is 0.0207 e. The molecule has 1 heteroatoms. The van der Waals surface area contributed by atoms with Crippen LogP contribution in [0.25, 0.3) is 4.48 Å². The molecule has 0 saturated carbocycles. The molecule has 0 amide bonds. The molecule has 0 fully saturated rings. The average Bonchev–Trinajstić information content (AvgIpc) is 2.19. The number of hydrogen-bond donors (Lipinski definition) is 0. The quantitative estimate of drug-likeness (QED) is 0.673. The van der Waals surface area contributed by atoms with Crippen LogP contribution in [0.5, 0.6) is 0 Å². The Balaban J connectivity index is 2.57. The van der Waals surface area contributed by atoms with Gasteiger partial charge in [0.1, 0.15) is 0 Å². The van der Waals surface area contributed by atoms with E-state index in [-0.39, 0.29) is 0 Å². The molecule has 0 bridgehead atoms. The van der Waals surface area contributed by atoms with Gasteiger partial charge >= 0.3 is 0 Å². The molecular weight excluding hydrogens is 224 g/mol. The number of allylic oxidation sites excluding steroid dienone is 1. The molecule has 1 aromatic rings. The zero-order valence-corrected chi connectivity index (χ0v) is 9.55. The first-order valence-electron chi connectivity index (χ1n) is 4.75. The molecule has 0 aromatic heterocycles. The minimum Gasteiger partial charge on any atom is -0.0697 e. The molecule has 0 spiro atoms. The van der Waals surface area contributed by atoms with Crippen LogP contribution in [0.1, 0.15) is 31.7 Å². The van der Waals surface area contributed by atoms with Gasteiger partial charge in [-0.05, 0) is 12.0 Å². The topological polar surface area (TPSA) is 0 Å². The second kappa shape index (κ2) is 5.98. The number of rotatable bonds is 4. The van der Waals surface area contributed by atoms with Gasteiger partial charge in [-0.2, -0.15) is 0 Å². The van der Waals surface area contributed by atoms with Crippen molar-refractivity contribution in [3.05, 3.63) is 42.0 Å². The highest BCUT2D eigenvalue weighted by atomic mass is 79.9. The summed E-state index contributed by atoms with van der Waals surface area (Å²) >= 11 is 3.58. The van der Waals surface area contributed by atoms with E-state index in [1.54, 1.807) is 0 Å². The Bertz CT molecular complexity index is 262. The summed E-state index contributed by atoms with van der Waals surface area (Å²) in [5, 5.41) is 0. The summed E-state index contributed by atoms with van der Waals surface area (Å²) in [7, 11) is 0. The molecule has 0 saturated heterocycles. The van der Waals surface area contributed by atoms with Gasteiger partial charge in [0, 0.05) is 4.48 Å². The highest BCUT2D eigenvalue weighted by Crippen LogP contribution is 2.21. The average molecular weight is 239 g/mol. The Morgan fingerprint density at radius 1 is 1.31 bits per heavy atom. The van der Waals surface area contributed by atoms with Gasteiger partial charge in [-0.1, -0.05) is 72.1 Å². The predicted octanol–water partition coefficient (Wildman–Crippen LogP) is 4.61. The van der Waals surface area contributed by atoms with Crippen LogP contribution in [0.3, 0.4) is 0 Å². The van der Waals surface area contributed by atoms with Crippen LogP contribution >= 0.6 is 15.9 Å². The van der Waals surface area contributed by atoms with Crippen LogP contribution < -0.4 is 0 Å². The van der Waals surface area contributed by atoms with Gasteiger partial charge in [0.25, 0.3) is 0 Å². The number of hydrogen-bond acceptors (Lipinski definition) is 0. The summed E-state index contributed by atoms with van der Waals surface area (Å²) in [5.74, 6) is 0. The zero-order chi connectivity index (χ0) is 9.52. The fraction of sp³-hybridized carbons (Fsp3) is 0.333. The SMILES string of the molecule is CCCC/C=C(\Br)c1ccccc1. The van der Waals surface area contributed by atoms with Crippen LogP contribution in [0.2, 0.25) is 0 Å². The third-order valence-electron chi connectivity index (χ3n) is 1.93. The number of unbranched alkanes of at least 4 members (excludes halogenated alkanes) is 2. The fourth-order valence-corrected chi connectivity index (χ4v) is 1.64. The Kier molecular flexibility index (Phi) is 4.84. The summed E-state index contributed by atoms with van der Waals surface area (Å²) in [4.78, 5) is 0. The Labute approximate surface area is 88.8 Å². The van der Waals surface area contributed by atoms with Gasteiger partial charge in [0.2, 0.25) is 0 Å². The van der Waals surface area contributed by atoms with Crippen molar-refractivity contribution in [3.63, 3.8) is 0 Å². The van der Waals surface area contributed by atoms with Crippen molar-refractivity contribution in [1.29, 1.82) is 0 Å². The smallest absolute Gasteiger partial charge is 0.0207 e. The summed E-state index contributed by atoms with van der Waals surface area (Å²) in [6.07, 6.45) is 5.93. The van der Waals surface area contributed by atoms with Crippen molar-refractivity contribution in [2.24, 2.45) is 0 Å². The van der Waals surface area contributed by atoms with Gasteiger partial charge < -0.3 is 0 Å². The molecule has 0 nitrogen and oxygen atoms in total. The summed E-state index contributed by atoms with van der Waals surface area (Å²) in [6, 6.07) is 10.4. The normalized spacial score (nSPS) is 11.7. The standard InChI is InChI=1S/C12H15Br/c1-2-3-5-10-12(13)11-8-6-4-7-9-11/h4,6-10H,2-3,5H2,1H3/b12-10-. The van der Waals surface area contributed by atoms with Gasteiger partial charge in [-0.3, -0.25) is 0 Å². The first-order valence-corrected chi connectivity index (χ1v) is 5.55. The Morgan fingerprint density at radius 3 is 2.62 bits per heavy atom. The molecule has 0 unspecified atom stereocenters. The maximum absolute atomic E-state index is 3.58. The molecule has 0 aliphatic heterocycles. The minimum absolute atomic E-state index is 1.16. The van der Waals surface area contributed by atoms with E-state index >= 15 is 0 Å². The van der Waals surface area contributed by atoms with Crippen molar-refractivity contribution in [2.75, 3.05) is 0 Å². The monoisotopic (exact) mass is 238 g/mol. The molecule has 13 heavy (non-hydrogen) atoms. The predicted molar refractivity (Wildman–Crippen MR) is 62.9 cm³/mol. The van der Waals surface area contributed by atoms with Crippen molar-refractivity contribution in [2.45, 2.75) is 26.2 Å². The van der Waals surface area contributed by atoms with E-state index in [9.17, 15) is 0 Å². The molecule has 0 N–H and O–H groups in total. The lowest BCUT2D eigenvalue weighted by Gasteiger charge is -1.98. The van der Waals surface area contributed by atoms with E-state index < -0.39 is 0 Å². The lowest BCUT2D eigenvalue weighted by molar-refractivity contribution is 0.816. The van der Waals surface area contributed by atoms with Crippen molar-refractivity contribution in [1.82, 2.24) is 0 Å². The van der Waals surface area contributed by atoms with Crippen molar-refractivity contribution < 1.29 is 0 Å². The molecule has 0 radical (unpaired) electrons. The van der Waals surface area contributed by atoms with E-state index in [1.807, 2.05) is 6.07 Å². The van der Waals surface area contributed by atoms with Gasteiger partial charge in [-0.15, -0.1) is 0 Å². The second-order valence-electron chi connectivity index (χ2n) is 3.06. The summed E-state index contributed by atoms with van der Waals surface area (Å²) in [5.41, 5.74) is 1.26. The van der Waals surface area contributed by atoms with E-state index in [1.165, 1.54) is 22.9 Å². The maximum atomic E-state index is 3.58. The first-order chi connectivity index (χ1) is 6.34. The van der Waals surface area contributed by atoms with E-state index in [4.69, 9.17) is 0 Å². The van der Waals surface area contributed by atoms with Crippen molar-refractivity contribution >= 4 is 20.4 Å². The highest BCUT2D eigenvalue weighted by Gasteiger charge is 1.93. The molecule has 0 aliphatic rings. The third-order valence-corrected chi connectivity index (χ3v) is 2.71. The van der Waals surface area contributed by atoms with Crippen molar-refractivity contribution in [3.8, 4) is 0 Å². The van der Waals surface area contributed by atoms with E-state index in [0.717, 1.165) is 6.42 Å². The van der Waals surface area contributed by atoms with Crippen LogP contribution in [0, 0.1) is 0 Å².